The second-order valence-electron chi connectivity index (χ2n) is 13.8. The van der Waals surface area contributed by atoms with Gasteiger partial charge in [0.25, 0.3) is 11.8 Å². The highest BCUT2D eigenvalue weighted by atomic mass is 16.6. The minimum Gasteiger partial charge on any atom is -0.444 e. The van der Waals surface area contributed by atoms with Crippen LogP contribution in [-0.4, -0.2) is 111 Å². The SMILES string of the molecule is C=C(C=N/C(=C\C)Nc1ncc2cc(C(=O)N(C)C)n(C3CCCC3)c2n1)C(=O)N1CC2CCC(C1)N2C(=O)CNC(=O)OC(C)(C)C. The Balaban J connectivity index is 1.21. The predicted molar refractivity (Wildman–Crippen MR) is 183 cm³/mol. The summed E-state index contributed by atoms with van der Waals surface area (Å²) in [7, 11) is 3.49. The molecule has 4 heterocycles. The zero-order chi connectivity index (χ0) is 34.7. The van der Waals surface area contributed by atoms with E-state index in [4.69, 9.17) is 9.72 Å². The lowest BCUT2D eigenvalue weighted by atomic mass is 10.1. The molecule has 2 aliphatic heterocycles. The van der Waals surface area contributed by atoms with Gasteiger partial charge in [0.2, 0.25) is 11.9 Å². The Morgan fingerprint density at radius 2 is 1.75 bits per heavy atom. The molecule has 2 unspecified atom stereocenters. The Hall–Kier alpha value is -4.75. The molecule has 5 rings (SSSR count). The van der Waals surface area contributed by atoms with Crippen LogP contribution in [0.4, 0.5) is 10.7 Å². The molecule has 258 valence electrons. The Morgan fingerprint density at radius 1 is 1.08 bits per heavy atom. The third-order valence-electron chi connectivity index (χ3n) is 8.88. The first-order chi connectivity index (χ1) is 22.8. The van der Waals surface area contributed by atoms with E-state index in [0.29, 0.717) is 36.2 Å². The summed E-state index contributed by atoms with van der Waals surface area (Å²) < 4.78 is 7.28. The smallest absolute Gasteiger partial charge is 0.408 e. The zero-order valence-electron chi connectivity index (χ0n) is 28.8. The molecule has 14 nitrogen and oxygen atoms in total. The van der Waals surface area contributed by atoms with E-state index in [1.165, 1.54) is 6.21 Å². The van der Waals surface area contributed by atoms with Crippen LogP contribution in [-0.2, 0) is 14.3 Å². The van der Waals surface area contributed by atoms with Crippen molar-refractivity contribution in [2.45, 2.75) is 89.9 Å². The van der Waals surface area contributed by atoms with Gasteiger partial charge in [0.1, 0.15) is 29.3 Å². The Bertz CT molecular complexity index is 1630. The molecule has 0 radical (unpaired) electrons. The van der Waals surface area contributed by atoms with Gasteiger partial charge in [-0.15, -0.1) is 0 Å². The number of fused-ring (bicyclic) bond motifs is 3. The summed E-state index contributed by atoms with van der Waals surface area (Å²) in [6, 6.07) is 1.78. The van der Waals surface area contributed by atoms with Gasteiger partial charge in [-0.2, -0.15) is 4.98 Å². The predicted octanol–water partition coefficient (Wildman–Crippen LogP) is 3.87. The van der Waals surface area contributed by atoms with E-state index >= 15 is 0 Å². The molecule has 3 aliphatic rings. The van der Waals surface area contributed by atoms with Crippen LogP contribution >= 0.6 is 0 Å². The van der Waals surface area contributed by atoms with E-state index in [-0.39, 0.29) is 48.0 Å². The summed E-state index contributed by atoms with van der Waals surface area (Å²) in [5.74, 6) is 0.230. The molecule has 2 bridgehead atoms. The highest BCUT2D eigenvalue weighted by molar-refractivity contribution is 6.11. The second-order valence-corrected chi connectivity index (χ2v) is 13.8. The minimum atomic E-state index is -0.657. The number of amides is 4. The van der Waals surface area contributed by atoms with Crippen molar-refractivity contribution in [1.82, 2.24) is 34.6 Å². The van der Waals surface area contributed by atoms with Crippen LogP contribution < -0.4 is 10.6 Å². The van der Waals surface area contributed by atoms with Crippen LogP contribution in [0.2, 0.25) is 0 Å². The molecule has 0 aromatic carbocycles. The average Bonchev–Trinajstić information content (AvgIpc) is 3.76. The molecule has 2 saturated heterocycles. The first kappa shape index (κ1) is 34.6. The number of hydrogen-bond donors (Lipinski definition) is 2. The summed E-state index contributed by atoms with van der Waals surface area (Å²) >= 11 is 0. The monoisotopic (exact) mass is 661 g/mol. The number of alkyl carbamates (subject to hydrolysis) is 1. The van der Waals surface area contributed by atoms with Crippen LogP contribution in [0.1, 0.15) is 82.8 Å². The Kier molecular flexibility index (Phi) is 10.2. The third-order valence-corrected chi connectivity index (χ3v) is 8.88. The van der Waals surface area contributed by atoms with Crippen LogP contribution in [0.25, 0.3) is 11.0 Å². The number of piperazine rings is 1. The number of rotatable bonds is 9. The van der Waals surface area contributed by atoms with E-state index in [9.17, 15) is 19.2 Å². The lowest BCUT2D eigenvalue weighted by molar-refractivity contribution is -0.141. The number of aromatic nitrogens is 3. The first-order valence-electron chi connectivity index (χ1n) is 16.6. The van der Waals surface area contributed by atoms with Crippen molar-refractivity contribution < 1.29 is 23.9 Å². The molecule has 2 aromatic heterocycles. The number of nitrogens with zero attached hydrogens (tertiary/aromatic N) is 7. The number of ether oxygens (including phenoxy) is 1. The van der Waals surface area contributed by atoms with Gasteiger partial charge in [0, 0.05) is 63.1 Å². The number of carbonyl (C=O) groups excluding carboxylic acids is 4. The van der Waals surface area contributed by atoms with Gasteiger partial charge in [-0.05, 0) is 65.5 Å². The number of carbonyl (C=O) groups is 4. The van der Waals surface area contributed by atoms with E-state index in [2.05, 4.69) is 31.8 Å². The maximum Gasteiger partial charge on any atom is 0.408 e. The van der Waals surface area contributed by atoms with Crippen molar-refractivity contribution in [2.75, 3.05) is 39.0 Å². The van der Waals surface area contributed by atoms with E-state index in [1.807, 2.05) is 13.0 Å². The molecular formula is C34H47N9O5. The number of aliphatic imine (C=N–C) groups is 1. The molecule has 2 aromatic rings. The maximum atomic E-state index is 13.4. The van der Waals surface area contributed by atoms with E-state index < -0.39 is 11.7 Å². The third kappa shape index (κ3) is 7.69. The largest absolute Gasteiger partial charge is 0.444 e. The fraction of sp³-hybridized carbons (Fsp3) is 0.559. The summed E-state index contributed by atoms with van der Waals surface area (Å²) in [5.41, 5.74) is 0.844. The standard InChI is InChI=1S/C34H47N9O5/c1-8-27(38-32-36-17-22-15-26(31(46)40(6)7)43(29(22)39-32)23-11-9-10-12-23)35-16-21(2)30(45)41-19-24-13-14-25(20-41)42(24)28(44)18-37-33(47)48-34(3,4)5/h8,15-17,23-25H,2,9-14,18-20H2,1,3-7H3,(H,37,47)(H,36,38,39)/b27-8+,35-16?. The maximum absolute atomic E-state index is 13.4. The highest BCUT2D eigenvalue weighted by Gasteiger charge is 2.44. The van der Waals surface area contributed by atoms with Crippen molar-refractivity contribution in [1.29, 1.82) is 0 Å². The topological polar surface area (TPSA) is 154 Å². The normalized spacial score (nSPS) is 20.0. The minimum absolute atomic E-state index is 0.0763. The molecule has 1 aliphatic carbocycles. The van der Waals surface area contributed by atoms with Gasteiger partial charge < -0.3 is 34.6 Å². The van der Waals surface area contributed by atoms with Crippen molar-refractivity contribution in [2.24, 2.45) is 4.99 Å². The van der Waals surface area contributed by atoms with Gasteiger partial charge in [-0.1, -0.05) is 19.4 Å². The van der Waals surface area contributed by atoms with Gasteiger partial charge in [0.05, 0.1) is 5.57 Å². The lowest BCUT2D eigenvalue weighted by Gasteiger charge is -2.41. The van der Waals surface area contributed by atoms with Gasteiger partial charge in [-0.3, -0.25) is 14.4 Å². The number of nitrogens with one attached hydrogen (secondary N) is 2. The molecular weight excluding hydrogens is 614 g/mol. The number of hydrogen-bond acceptors (Lipinski definition) is 9. The van der Waals surface area contributed by atoms with Crippen molar-refractivity contribution in [3.8, 4) is 0 Å². The first-order valence-corrected chi connectivity index (χ1v) is 16.6. The highest BCUT2D eigenvalue weighted by Crippen LogP contribution is 2.35. The van der Waals surface area contributed by atoms with Crippen molar-refractivity contribution >= 4 is 47.0 Å². The van der Waals surface area contributed by atoms with Crippen LogP contribution in [0.5, 0.6) is 0 Å². The lowest BCUT2D eigenvalue weighted by Crippen LogP contribution is -2.59. The summed E-state index contributed by atoms with van der Waals surface area (Å²) in [6.07, 6.45) is 9.98. The number of anilines is 1. The fourth-order valence-corrected chi connectivity index (χ4v) is 6.72. The zero-order valence-corrected chi connectivity index (χ0v) is 28.8. The molecule has 4 amide bonds. The van der Waals surface area contributed by atoms with Gasteiger partial charge in [-0.25, -0.2) is 14.8 Å². The van der Waals surface area contributed by atoms with E-state index in [1.54, 1.807) is 61.8 Å². The van der Waals surface area contributed by atoms with Gasteiger partial charge >= 0.3 is 6.09 Å². The molecule has 0 spiro atoms. The quantitative estimate of drug-likeness (QED) is 0.303. The van der Waals surface area contributed by atoms with Crippen LogP contribution in [0.3, 0.4) is 0 Å². The number of allylic oxidation sites excluding steroid dienone is 1. The molecule has 3 fully saturated rings. The number of likely N-dealkylation sites (tertiary alicyclic amines) is 1. The van der Waals surface area contributed by atoms with Crippen LogP contribution in [0, 0.1) is 0 Å². The summed E-state index contributed by atoms with van der Waals surface area (Å²) in [6.45, 7) is 11.7. The Morgan fingerprint density at radius 3 is 2.35 bits per heavy atom. The van der Waals surface area contributed by atoms with Gasteiger partial charge in [0.15, 0.2) is 0 Å². The molecule has 2 atom stereocenters. The molecule has 1 saturated carbocycles. The molecule has 2 N–H and O–H groups in total. The Labute approximate surface area is 281 Å². The van der Waals surface area contributed by atoms with Crippen molar-refractivity contribution in [3.05, 3.63) is 42.0 Å². The molecule has 48 heavy (non-hydrogen) atoms. The van der Waals surface area contributed by atoms with Crippen LogP contribution in [0.15, 0.2) is 41.3 Å². The fourth-order valence-electron chi connectivity index (χ4n) is 6.72. The molecule has 14 heteroatoms. The summed E-state index contributed by atoms with van der Waals surface area (Å²) in [4.78, 5) is 70.2. The van der Waals surface area contributed by atoms with E-state index in [0.717, 1.165) is 43.9 Å². The van der Waals surface area contributed by atoms with Crippen molar-refractivity contribution in [3.63, 3.8) is 0 Å². The summed E-state index contributed by atoms with van der Waals surface area (Å²) in [5, 5.41) is 6.46. The average molecular weight is 662 g/mol. The second kappa shape index (κ2) is 14.2.